The van der Waals surface area contributed by atoms with E-state index in [1.54, 1.807) is 0 Å². The molecule has 0 saturated carbocycles. The molecule has 20 heavy (non-hydrogen) atoms. The lowest BCUT2D eigenvalue weighted by molar-refractivity contribution is -0.151. The quantitative estimate of drug-likeness (QED) is 0.693. The summed E-state index contributed by atoms with van der Waals surface area (Å²) in [6.45, 7) is 10.1. The molecule has 0 aromatic heterocycles. The third kappa shape index (κ3) is 4.43. The standard InChI is InChI=1S/C15H29N3O2/c1-3-20-15(19)14-6-4-5-7-18(14)13-12-17-10-8-16(2)9-11-17/h14H,3-13H2,1-2H3. The first-order valence-electron chi connectivity index (χ1n) is 8.02. The summed E-state index contributed by atoms with van der Waals surface area (Å²) in [6, 6.07) is -0.00355. The van der Waals surface area contributed by atoms with Gasteiger partial charge < -0.3 is 9.64 Å². The fraction of sp³-hybridized carbons (Fsp3) is 0.933. The molecule has 0 amide bonds. The van der Waals surface area contributed by atoms with E-state index in [1.807, 2.05) is 6.92 Å². The van der Waals surface area contributed by atoms with Crippen LogP contribution in [0.5, 0.6) is 0 Å². The normalized spacial score (nSPS) is 26.6. The number of rotatable bonds is 5. The van der Waals surface area contributed by atoms with Gasteiger partial charge in [-0.15, -0.1) is 0 Å². The van der Waals surface area contributed by atoms with Crippen LogP contribution in [-0.2, 0) is 9.53 Å². The molecule has 2 heterocycles. The molecule has 0 aromatic carbocycles. The Hall–Kier alpha value is -0.650. The average molecular weight is 283 g/mol. The van der Waals surface area contributed by atoms with Gasteiger partial charge in [0.2, 0.25) is 0 Å². The summed E-state index contributed by atoms with van der Waals surface area (Å²) in [5.41, 5.74) is 0. The zero-order valence-electron chi connectivity index (χ0n) is 13.0. The Kier molecular flexibility index (Phi) is 6.26. The van der Waals surface area contributed by atoms with Crippen molar-refractivity contribution < 1.29 is 9.53 Å². The number of hydrogen-bond acceptors (Lipinski definition) is 5. The average Bonchev–Trinajstić information content (AvgIpc) is 2.47. The lowest BCUT2D eigenvalue weighted by atomic mass is 10.0. The van der Waals surface area contributed by atoms with Crippen LogP contribution in [-0.4, -0.2) is 86.2 Å². The smallest absolute Gasteiger partial charge is 0.323 e. The summed E-state index contributed by atoms with van der Waals surface area (Å²) < 4.78 is 5.22. The molecule has 2 rings (SSSR count). The highest BCUT2D eigenvalue weighted by Gasteiger charge is 2.29. The maximum Gasteiger partial charge on any atom is 0.323 e. The predicted octanol–water partition coefficient (Wildman–Crippen LogP) is 0.651. The van der Waals surface area contributed by atoms with Crippen LogP contribution in [0.2, 0.25) is 0 Å². The summed E-state index contributed by atoms with van der Waals surface area (Å²) in [4.78, 5) is 19.2. The second-order valence-electron chi connectivity index (χ2n) is 5.94. The highest BCUT2D eigenvalue weighted by atomic mass is 16.5. The van der Waals surface area contributed by atoms with Gasteiger partial charge in [-0.2, -0.15) is 0 Å². The Morgan fingerprint density at radius 3 is 2.55 bits per heavy atom. The van der Waals surface area contributed by atoms with Gasteiger partial charge in [0.05, 0.1) is 6.61 Å². The van der Waals surface area contributed by atoms with Crippen molar-refractivity contribution in [3.63, 3.8) is 0 Å². The molecular formula is C15H29N3O2. The summed E-state index contributed by atoms with van der Waals surface area (Å²) in [5, 5.41) is 0. The van der Waals surface area contributed by atoms with Crippen LogP contribution in [0.15, 0.2) is 0 Å². The van der Waals surface area contributed by atoms with Crippen molar-refractivity contribution in [3.05, 3.63) is 0 Å². The molecule has 2 saturated heterocycles. The fourth-order valence-electron chi connectivity index (χ4n) is 3.11. The van der Waals surface area contributed by atoms with Crippen molar-refractivity contribution >= 4 is 5.97 Å². The van der Waals surface area contributed by atoms with E-state index in [0.29, 0.717) is 6.61 Å². The number of carbonyl (C=O) groups excluding carboxylic acids is 1. The minimum Gasteiger partial charge on any atom is -0.465 e. The van der Waals surface area contributed by atoms with E-state index >= 15 is 0 Å². The van der Waals surface area contributed by atoms with Crippen molar-refractivity contribution in [2.75, 3.05) is 59.5 Å². The van der Waals surface area contributed by atoms with Gasteiger partial charge in [0.15, 0.2) is 0 Å². The lowest BCUT2D eigenvalue weighted by Crippen LogP contribution is -2.51. The molecule has 5 nitrogen and oxygen atoms in total. The summed E-state index contributed by atoms with van der Waals surface area (Å²) in [6.07, 6.45) is 3.31. The lowest BCUT2D eigenvalue weighted by Gasteiger charge is -2.37. The van der Waals surface area contributed by atoms with Crippen LogP contribution in [0, 0.1) is 0 Å². The topological polar surface area (TPSA) is 36.0 Å². The van der Waals surface area contributed by atoms with E-state index in [2.05, 4.69) is 21.7 Å². The van der Waals surface area contributed by atoms with Crippen molar-refractivity contribution in [1.82, 2.24) is 14.7 Å². The highest BCUT2D eigenvalue weighted by Crippen LogP contribution is 2.18. The van der Waals surface area contributed by atoms with Gasteiger partial charge in [-0.25, -0.2) is 0 Å². The van der Waals surface area contributed by atoms with Crippen molar-refractivity contribution in [2.45, 2.75) is 32.2 Å². The van der Waals surface area contributed by atoms with E-state index in [0.717, 1.165) is 58.7 Å². The van der Waals surface area contributed by atoms with Gasteiger partial charge in [-0.05, 0) is 33.4 Å². The molecule has 2 aliphatic heterocycles. The van der Waals surface area contributed by atoms with Crippen LogP contribution < -0.4 is 0 Å². The molecule has 1 atom stereocenters. The molecule has 5 heteroatoms. The van der Waals surface area contributed by atoms with Crippen LogP contribution in [0.3, 0.4) is 0 Å². The first-order valence-corrected chi connectivity index (χ1v) is 8.02. The summed E-state index contributed by atoms with van der Waals surface area (Å²) >= 11 is 0. The zero-order valence-corrected chi connectivity index (χ0v) is 13.0. The van der Waals surface area contributed by atoms with E-state index < -0.39 is 0 Å². The number of esters is 1. The number of hydrogen-bond donors (Lipinski definition) is 0. The zero-order chi connectivity index (χ0) is 14.4. The minimum absolute atomic E-state index is 0.00355. The van der Waals surface area contributed by atoms with E-state index in [9.17, 15) is 4.79 Å². The first-order chi connectivity index (χ1) is 9.70. The van der Waals surface area contributed by atoms with E-state index in [4.69, 9.17) is 4.74 Å². The number of likely N-dealkylation sites (tertiary alicyclic amines) is 1. The van der Waals surface area contributed by atoms with E-state index in [1.165, 1.54) is 6.42 Å². The van der Waals surface area contributed by atoms with Gasteiger partial charge >= 0.3 is 5.97 Å². The van der Waals surface area contributed by atoms with Gasteiger partial charge in [-0.1, -0.05) is 6.42 Å². The summed E-state index contributed by atoms with van der Waals surface area (Å²) in [5.74, 6) is -0.0226. The predicted molar refractivity (Wildman–Crippen MR) is 79.8 cm³/mol. The monoisotopic (exact) mass is 283 g/mol. The maximum atomic E-state index is 12.0. The van der Waals surface area contributed by atoms with Gasteiger partial charge in [-0.3, -0.25) is 14.6 Å². The van der Waals surface area contributed by atoms with Gasteiger partial charge in [0, 0.05) is 39.3 Å². The maximum absolute atomic E-state index is 12.0. The minimum atomic E-state index is -0.0226. The van der Waals surface area contributed by atoms with Crippen LogP contribution >= 0.6 is 0 Å². The second kappa shape index (κ2) is 7.96. The fourth-order valence-corrected chi connectivity index (χ4v) is 3.11. The van der Waals surface area contributed by atoms with Gasteiger partial charge in [0.25, 0.3) is 0 Å². The molecule has 0 spiro atoms. The number of piperidine rings is 1. The molecule has 0 bridgehead atoms. The van der Waals surface area contributed by atoms with Crippen LogP contribution in [0.25, 0.3) is 0 Å². The second-order valence-corrected chi connectivity index (χ2v) is 5.94. The van der Waals surface area contributed by atoms with Crippen molar-refractivity contribution in [3.8, 4) is 0 Å². The van der Waals surface area contributed by atoms with E-state index in [-0.39, 0.29) is 12.0 Å². The highest BCUT2D eigenvalue weighted by molar-refractivity contribution is 5.75. The molecule has 2 aliphatic rings. The number of ether oxygens (including phenoxy) is 1. The molecule has 0 radical (unpaired) electrons. The Morgan fingerprint density at radius 1 is 1.10 bits per heavy atom. The Morgan fingerprint density at radius 2 is 1.85 bits per heavy atom. The Labute approximate surface area is 122 Å². The van der Waals surface area contributed by atoms with Crippen molar-refractivity contribution in [1.29, 1.82) is 0 Å². The van der Waals surface area contributed by atoms with Crippen LogP contribution in [0.4, 0.5) is 0 Å². The number of piperazine rings is 1. The number of carbonyl (C=O) groups is 1. The largest absolute Gasteiger partial charge is 0.465 e. The molecule has 0 N–H and O–H groups in total. The molecule has 116 valence electrons. The third-order valence-electron chi connectivity index (χ3n) is 4.47. The summed E-state index contributed by atoms with van der Waals surface area (Å²) in [7, 11) is 2.18. The molecule has 0 aliphatic carbocycles. The Balaban J connectivity index is 1.78. The molecule has 1 unspecified atom stereocenters. The van der Waals surface area contributed by atoms with Gasteiger partial charge in [0.1, 0.15) is 6.04 Å². The van der Waals surface area contributed by atoms with Crippen molar-refractivity contribution in [2.24, 2.45) is 0 Å². The molecule has 2 fully saturated rings. The SMILES string of the molecule is CCOC(=O)C1CCCCN1CCN1CCN(C)CC1. The third-order valence-corrected chi connectivity index (χ3v) is 4.47. The van der Waals surface area contributed by atoms with Crippen LogP contribution in [0.1, 0.15) is 26.2 Å². The molecular weight excluding hydrogens is 254 g/mol. The first kappa shape index (κ1) is 15.7. The number of likely N-dealkylation sites (N-methyl/N-ethyl adjacent to an activating group) is 1. The molecule has 0 aromatic rings. The number of nitrogens with zero attached hydrogens (tertiary/aromatic N) is 3. The Bertz CT molecular complexity index is 303.